The first-order valence-electron chi connectivity index (χ1n) is 5.28. The summed E-state index contributed by atoms with van der Waals surface area (Å²) in [4.78, 5) is 0.227. The molecule has 1 atom stereocenters. The zero-order valence-electron chi connectivity index (χ0n) is 9.14. The quantitative estimate of drug-likeness (QED) is 0.804. The van der Waals surface area contributed by atoms with Gasteiger partial charge in [-0.2, -0.15) is 8.42 Å². The van der Waals surface area contributed by atoms with Crippen LogP contribution in [0.15, 0.2) is 29.2 Å². The molecule has 88 valence electrons. The van der Waals surface area contributed by atoms with Gasteiger partial charge in [0, 0.05) is 6.54 Å². The van der Waals surface area contributed by atoms with Crippen LogP contribution in [0.25, 0.3) is 0 Å². The van der Waals surface area contributed by atoms with Crippen molar-refractivity contribution in [3.05, 3.63) is 29.8 Å². The summed E-state index contributed by atoms with van der Waals surface area (Å²) in [5, 5.41) is 3.07. The van der Waals surface area contributed by atoms with E-state index in [0.717, 1.165) is 18.5 Å². The molecule has 1 aromatic carbocycles. The molecule has 0 unspecified atom stereocenters. The maximum absolute atomic E-state index is 11.8. The highest BCUT2D eigenvalue weighted by atomic mass is 32.2. The largest absolute Gasteiger partial charge is 0.314 e. The first-order valence-corrected chi connectivity index (χ1v) is 6.69. The third kappa shape index (κ3) is 2.61. The van der Waals surface area contributed by atoms with Gasteiger partial charge in [-0.3, -0.25) is 4.18 Å². The van der Waals surface area contributed by atoms with Crippen molar-refractivity contribution in [2.24, 2.45) is 0 Å². The second-order valence-corrected chi connectivity index (χ2v) is 5.55. The fourth-order valence-corrected chi connectivity index (χ4v) is 2.75. The van der Waals surface area contributed by atoms with Crippen LogP contribution in [0.4, 0.5) is 0 Å². The van der Waals surface area contributed by atoms with Gasteiger partial charge < -0.3 is 5.32 Å². The lowest BCUT2D eigenvalue weighted by molar-refractivity contribution is 0.230. The monoisotopic (exact) mass is 241 g/mol. The number of benzene rings is 1. The highest BCUT2D eigenvalue weighted by Gasteiger charge is 2.24. The Hall–Kier alpha value is -0.910. The smallest absolute Gasteiger partial charge is 0.297 e. The molecule has 1 N–H and O–H groups in total. The molecule has 1 saturated heterocycles. The van der Waals surface area contributed by atoms with E-state index in [-0.39, 0.29) is 11.0 Å². The summed E-state index contributed by atoms with van der Waals surface area (Å²) in [6, 6.07) is 6.69. The van der Waals surface area contributed by atoms with Crippen molar-refractivity contribution in [1.82, 2.24) is 5.32 Å². The Balaban J connectivity index is 2.14. The summed E-state index contributed by atoms with van der Waals surface area (Å²) in [7, 11) is -3.60. The number of aryl methyl sites for hydroxylation is 1. The van der Waals surface area contributed by atoms with Crippen LogP contribution in [0.1, 0.15) is 12.0 Å². The van der Waals surface area contributed by atoms with E-state index in [0.29, 0.717) is 6.54 Å². The third-order valence-electron chi connectivity index (χ3n) is 2.59. The average Bonchev–Trinajstić information content (AvgIpc) is 2.70. The van der Waals surface area contributed by atoms with Gasteiger partial charge in [-0.1, -0.05) is 17.7 Å². The molecule has 2 rings (SSSR count). The van der Waals surface area contributed by atoms with Crippen molar-refractivity contribution in [3.63, 3.8) is 0 Å². The maximum atomic E-state index is 11.8. The Morgan fingerprint density at radius 2 is 2.00 bits per heavy atom. The van der Waals surface area contributed by atoms with Crippen LogP contribution in [0.5, 0.6) is 0 Å². The first-order chi connectivity index (χ1) is 7.58. The first kappa shape index (κ1) is 11.6. The van der Waals surface area contributed by atoms with E-state index in [1.807, 2.05) is 6.92 Å². The fourth-order valence-electron chi connectivity index (χ4n) is 1.65. The van der Waals surface area contributed by atoms with Crippen molar-refractivity contribution in [2.45, 2.75) is 24.3 Å². The molecule has 4 nitrogen and oxygen atoms in total. The van der Waals surface area contributed by atoms with Gasteiger partial charge in [-0.05, 0) is 32.0 Å². The highest BCUT2D eigenvalue weighted by molar-refractivity contribution is 7.86. The highest BCUT2D eigenvalue weighted by Crippen LogP contribution is 2.17. The third-order valence-corrected chi connectivity index (χ3v) is 3.96. The number of rotatable bonds is 3. The Kier molecular flexibility index (Phi) is 3.28. The lowest BCUT2D eigenvalue weighted by Crippen LogP contribution is -2.21. The van der Waals surface area contributed by atoms with E-state index < -0.39 is 10.1 Å². The fraction of sp³-hybridized carbons (Fsp3) is 0.455. The van der Waals surface area contributed by atoms with E-state index in [1.54, 1.807) is 24.3 Å². The molecule has 0 spiro atoms. The molecule has 0 bridgehead atoms. The predicted octanol–water partition coefficient (Wildman–Crippen LogP) is 1.06. The molecular weight excluding hydrogens is 226 g/mol. The van der Waals surface area contributed by atoms with Gasteiger partial charge >= 0.3 is 0 Å². The lowest BCUT2D eigenvalue weighted by atomic mass is 10.2. The maximum Gasteiger partial charge on any atom is 0.297 e. The minimum absolute atomic E-state index is 0.227. The second-order valence-electron chi connectivity index (χ2n) is 3.98. The SMILES string of the molecule is Cc1ccc(S(=O)(=O)O[C@H]2CCNC2)cc1. The second kappa shape index (κ2) is 4.53. The predicted molar refractivity (Wildman–Crippen MR) is 60.7 cm³/mol. The molecule has 0 aromatic heterocycles. The lowest BCUT2D eigenvalue weighted by Gasteiger charge is -2.10. The molecule has 1 aromatic rings. The van der Waals surface area contributed by atoms with Crippen molar-refractivity contribution in [1.29, 1.82) is 0 Å². The molecule has 0 aliphatic carbocycles. The molecule has 0 radical (unpaired) electrons. The van der Waals surface area contributed by atoms with Crippen LogP contribution < -0.4 is 5.32 Å². The molecule has 1 aliphatic heterocycles. The summed E-state index contributed by atoms with van der Waals surface area (Å²) in [5.41, 5.74) is 1.03. The molecule has 1 aliphatic rings. The normalized spacial score (nSPS) is 21.2. The Labute approximate surface area is 95.7 Å². The standard InChI is InChI=1S/C11H15NO3S/c1-9-2-4-11(5-3-9)16(13,14)15-10-6-7-12-8-10/h2-5,10,12H,6-8H2,1H3/t10-/m0/s1. The van der Waals surface area contributed by atoms with Crippen LogP contribution in [0, 0.1) is 6.92 Å². The van der Waals surface area contributed by atoms with Gasteiger partial charge in [0.1, 0.15) is 0 Å². The summed E-state index contributed by atoms with van der Waals surface area (Å²) in [6.45, 7) is 3.33. The van der Waals surface area contributed by atoms with Crippen molar-refractivity contribution >= 4 is 10.1 Å². The number of hydrogen-bond donors (Lipinski definition) is 1. The van der Waals surface area contributed by atoms with Gasteiger partial charge in [-0.15, -0.1) is 0 Å². The van der Waals surface area contributed by atoms with Gasteiger partial charge in [0.2, 0.25) is 0 Å². The van der Waals surface area contributed by atoms with E-state index >= 15 is 0 Å². The molecule has 16 heavy (non-hydrogen) atoms. The molecule has 1 heterocycles. The number of hydrogen-bond acceptors (Lipinski definition) is 4. The number of nitrogens with one attached hydrogen (secondary N) is 1. The van der Waals surface area contributed by atoms with Crippen LogP contribution in [0.2, 0.25) is 0 Å². The zero-order chi connectivity index (χ0) is 11.6. The minimum Gasteiger partial charge on any atom is -0.314 e. The van der Waals surface area contributed by atoms with Crippen molar-refractivity contribution in [3.8, 4) is 0 Å². The van der Waals surface area contributed by atoms with Gasteiger partial charge in [0.15, 0.2) is 0 Å². The average molecular weight is 241 g/mol. The van der Waals surface area contributed by atoms with E-state index in [4.69, 9.17) is 4.18 Å². The van der Waals surface area contributed by atoms with Crippen molar-refractivity contribution in [2.75, 3.05) is 13.1 Å². The summed E-state index contributed by atoms with van der Waals surface area (Å²) in [6.07, 6.45) is 0.511. The van der Waals surface area contributed by atoms with Crippen molar-refractivity contribution < 1.29 is 12.6 Å². The van der Waals surface area contributed by atoms with Gasteiger partial charge in [-0.25, -0.2) is 0 Å². The summed E-state index contributed by atoms with van der Waals surface area (Å²) < 4.78 is 28.8. The zero-order valence-corrected chi connectivity index (χ0v) is 9.96. The molecule has 1 fully saturated rings. The van der Waals surface area contributed by atoms with E-state index in [2.05, 4.69) is 5.32 Å². The Morgan fingerprint density at radius 3 is 2.56 bits per heavy atom. The van der Waals surface area contributed by atoms with E-state index in [1.165, 1.54) is 0 Å². The van der Waals surface area contributed by atoms with Crippen LogP contribution in [0.3, 0.4) is 0 Å². The van der Waals surface area contributed by atoms with E-state index in [9.17, 15) is 8.42 Å². The van der Waals surface area contributed by atoms with Crippen LogP contribution >= 0.6 is 0 Å². The van der Waals surface area contributed by atoms with Crippen LogP contribution in [-0.2, 0) is 14.3 Å². The van der Waals surface area contributed by atoms with Crippen LogP contribution in [-0.4, -0.2) is 27.6 Å². The van der Waals surface area contributed by atoms with Gasteiger partial charge in [0.25, 0.3) is 10.1 Å². The summed E-state index contributed by atoms with van der Waals surface area (Å²) >= 11 is 0. The topological polar surface area (TPSA) is 55.4 Å². The molecule has 0 saturated carbocycles. The Bertz CT molecular complexity index is 447. The molecule has 5 heteroatoms. The Morgan fingerprint density at radius 1 is 1.31 bits per heavy atom. The molecule has 0 amide bonds. The summed E-state index contributed by atoms with van der Waals surface area (Å²) in [5.74, 6) is 0. The molecular formula is C11H15NO3S. The van der Waals surface area contributed by atoms with Gasteiger partial charge in [0.05, 0.1) is 11.0 Å². The minimum atomic E-state index is -3.60.